The van der Waals surface area contributed by atoms with E-state index in [0.717, 1.165) is 54.3 Å². The Kier molecular flexibility index (Phi) is 2.08. The van der Waals surface area contributed by atoms with Crippen molar-refractivity contribution >= 4 is 142 Å². The summed E-state index contributed by atoms with van der Waals surface area (Å²) in [5.74, 6) is -2.46. The summed E-state index contributed by atoms with van der Waals surface area (Å²) in [7, 11) is 0. The molecule has 2 unspecified atom stereocenters. The molecule has 5 aliphatic carbocycles. The third kappa shape index (κ3) is 1.19. The first-order chi connectivity index (χ1) is 23.0. The summed E-state index contributed by atoms with van der Waals surface area (Å²) >= 11 is 0. The van der Waals surface area contributed by atoms with E-state index in [2.05, 4.69) is 60.7 Å². The number of rotatable bonds is 2. The highest BCUT2D eigenvalue weighted by molar-refractivity contribution is 6.64. The van der Waals surface area contributed by atoms with E-state index >= 15 is 0 Å². The van der Waals surface area contributed by atoms with Crippen molar-refractivity contribution < 1.29 is 19.8 Å². The fraction of sp³-hybridized carbons (Fsp3) is 0.0698. The molecule has 0 bridgehead atoms. The van der Waals surface area contributed by atoms with Gasteiger partial charge in [0.25, 0.3) is 0 Å². The minimum Gasteiger partial charge on any atom is -0.480 e. The van der Waals surface area contributed by atoms with Crippen LogP contribution in [0.3, 0.4) is 0 Å². The van der Waals surface area contributed by atoms with Gasteiger partial charge in [-0.2, -0.15) is 0 Å². The van der Waals surface area contributed by atoms with Crippen LogP contribution in [-0.4, -0.2) is 22.2 Å². The molecule has 5 aliphatic rings. The van der Waals surface area contributed by atoms with Gasteiger partial charge in [-0.15, -0.1) is 0 Å². The highest BCUT2D eigenvalue weighted by Crippen LogP contribution is 2.92. The second-order valence-corrected chi connectivity index (χ2v) is 15.4. The monoisotopic (exact) mass is 592 g/mol. The molecule has 0 heterocycles. The van der Waals surface area contributed by atoms with Gasteiger partial charge in [-0.05, 0) is 151 Å². The molecule has 4 heteroatoms. The molecule has 17 rings (SSSR count). The number of carboxylic acids is 2. The molecule has 0 saturated heterocycles. The predicted octanol–water partition coefficient (Wildman–Crippen LogP) is 7.43. The molecule has 0 amide bonds. The lowest BCUT2D eigenvalue weighted by Gasteiger charge is -2.31. The predicted molar refractivity (Wildman–Crippen MR) is 185 cm³/mol. The number of carboxylic acid groups (broad SMARTS) is 2. The largest absolute Gasteiger partial charge is 0.480 e. The van der Waals surface area contributed by atoms with E-state index in [4.69, 9.17) is 0 Å². The van der Waals surface area contributed by atoms with Crippen LogP contribution in [0.4, 0.5) is 0 Å². The quantitative estimate of drug-likeness (QED) is 0.162. The van der Waals surface area contributed by atoms with Crippen molar-refractivity contribution in [3.63, 3.8) is 0 Å². The summed E-state index contributed by atoms with van der Waals surface area (Å²) in [5.41, 5.74) is -0.788. The molecule has 208 valence electrons. The third-order valence-electron chi connectivity index (χ3n) is 15.0. The van der Waals surface area contributed by atoms with Gasteiger partial charge < -0.3 is 10.2 Å². The minimum atomic E-state index is -2.06. The van der Waals surface area contributed by atoms with Crippen LogP contribution >= 0.6 is 0 Å². The topological polar surface area (TPSA) is 74.6 Å². The van der Waals surface area contributed by atoms with E-state index in [1.54, 1.807) is 0 Å². The summed E-state index contributed by atoms with van der Waals surface area (Å²) in [5, 5.41) is 52.5. The third-order valence-corrected chi connectivity index (χ3v) is 15.0. The van der Waals surface area contributed by atoms with Gasteiger partial charge in [-0.25, -0.2) is 0 Å². The lowest BCUT2D eigenvalue weighted by atomic mass is 9.68. The number of hydrogen-bond donors (Lipinski definition) is 2. The molecule has 0 radical (unpaired) electrons. The average molecular weight is 593 g/mol. The summed E-state index contributed by atoms with van der Waals surface area (Å²) in [4.78, 5) is 28.2. The van der Waals surface area contributed by atoms with Gasteiger partial charge in [-0.3, -0.25) is 9.59 Å². The fourth-order valence-corrected chi connectivity index (χ4v) is 14.4. The van der Waals surface area contributed by atoms with E-state index in [1.807, 2.05) is 0 Å². The van der Waals surface area contributed by atoms with Crippen molar-refractivity contribution in [1.82, 2.24) is 0 Å². The Hall–Kier alpha value is -6.00. The van der Waals surface area contributed by atoms with Gasteiger partial charge in [0.05, 0.1) is 10.8 Å². The van der Waals surface area contributed by atoms with Crippen molar-refractivity contribution in [3.05, 3.63) is 82.2 Å². The van der Waals surface area contributed by atoms with Gasteiger partial charge in [0.2, 0.25) is 0 Å². The molecular formula is C43H12O4. The first kappa shape index (κ1) is 20.2. The van der Waals surface area contributed by atoms with Crippen LogP contribution in [0.1, 0.15) is 11.1 Å². The highest BCUT2D eigenvalue weighted by Gasteiger charge is 3.00. The zero-order valence-corrected chi connectivity index (χ0v) is 24.0. The van der Waals surface area contributed by atoms with Crippen LogP contribution in [0.25, 0.3) is 130 Å². The SMILES string of the molecule is O=C(O)C1(C(=O)O)C23C4=c5ccc6c7ccc8c9ccc%10c%11ccc%12c%13c(c%14c%15c2c5c6c2c7c8c5c9c%10c(c%13%11)c%14c5c%152)C13C=%12C=C4. The zero-order valence-electron chi connectivity index (χ0n) is 24.0. The average Bonchev–Trinajstić information content (AvgIpc) is 3.67. The van der Waals surface area contributed by atoms with Crippen LogP contribution in [0.5, 0.6) is 0 Å². The lowest BCUT2D eigenvalue weighted by molar-refractivity contribution is -0.158. The van der Waals surface area contributed by atoms with E-state index in [9.17, 15) is 19.8 Å². The number of aliphatic carboxylic acids is 2. The number of benzene rings is 8. The highest BCUT2D eigenvalue weighted by atomic mass is 16.4. The Morgan fingerprint density at radius 2 is 0.681 bits per heavy atom. The Morgan fingerprint density at radius 1 is 0.383 bits per heavy atom. The number of fused-ring (bicyclic) bond motifs is 3. The van der Waals surface area contributed by atoms with Crippen LogP contribution in [0.2, 0.25) is 0 Å². The van der Waals surface area contributed by atoms with Crippen LogP contribution in [0.15, 0.2) is 60.7 Å². The molecule has 1 saturated carbocycles. The van der Waals surface area contributed by atoms with Gasteiger partial charge in [0, 0.05) is 0 Å². The lowest BCUT2D eigenvalue weighted by Crippen LogP contribution is -2.35. The first-order valence-electron chi connectivity index (χ1n) is 16.4. The molecule has 12 aromatic rings. The Morgan fingerprint density at radius 3 is 1.04 bits per heavy atom. The minimum absolute atomic E-state index is 0.876. The van der Waals surface area contributed by atoms with Crippen molar-refractivity contribution in [3.8, 4) is 0 Å². The maximum absolute atomic E-state index is 14.1. The Labute approximate surface area is 259 Å². The smallest absolute Gasteiger partial charge is 0.323 e. The van der Waals surface area contributed by atoms with E-state index < -0.39 is 28.2 Å². The maximum Gasteiger partial charge on any atom is 0.323 e. The molecule has 4 nitrogen and oxygen atoms in total. The number of allylic oxidation sites excluding steroid dienone is 2. The van der Waals surface area contributed by atoms with Gasteiger partial charge in [0.1, 0.15) is 0 Å². The molecule has 47 heavy (non-hydrogen) atoms. The van der Waals surface area contributed by atoms with Gasteiger partial charge >= 0.3 is 11.9 Å². The summed E-state index contributed by atoms with van der Waals surface area (Å²) in [6.45, 7) is 0. The number of hydrogen-bond acceptors (Lipinski definition) is 2. The van der Waals surface area contributed by atoms with Crippen molar-refractivity contribution in [1.29, 1.82) is 0 Å². The first-order valence-corrected chi connectivity index (χ1v) is 16.4. The van der Waals surface area contributed by atoms with Crippen LogP contribution in [0, 0.1) is 5.41 Å². The van der Waals surface area contributed by atoms with Crippen LogP contribution in [-0.2, 0) is 20.4 Å². The zero-order chi connectivity index (χ0) is 29.9. The fourth-order valence-electron chi connectivity index (χ4n) is 14.4. The maximum atomic E-state index is 14.1. The second kappa shape index (κ2) is 4.85. The van der Waals surface area contributed by atoms with Crippen molar-refractivity contribution in [2.45, 2.75) is 10.8 Å². The molecule has 0 aliphatic heterocycles. The Balaban J connectivity index is 1.44. The van der Waals surface area contributed by atoms with E-state index in [0.29, 0.717) is 0 Å². The summed E-state index contributed by atoms with van der Waals surface area (Å²) in [6, 6.07) is 18.1. The normalized spacial score (nSPS) is 24.7. The molecule has 1 fully saturated rings. The van der Waals surface area contributed by atoms with Crippen molar-refractivity contribution in [2.75, 3.05) is 0 Å². The summed E-state index contributed by atoms with van der Waals surface area (Å²) < 4.78 is 0. The Bertz CT molecular complexity index is 3660. The number of carbonyl (C=O) groups is 2. The molecule has 12 aromatic carbocycles. The van der Waals surface area contributed by atoms with E-state index in [1.165, 1.54) is 97.0 Å². The second-order valence-electron chi connectivity index (χ2n) is 15.4. The molecule has 2 spiro atoms. The van der Waals surface area contributed by atoms with Crippen LogP contribution < -0.4 is 10.4 Å². The standard InChI is InChI=1S/C43H12O4/c44-39(45)43(40(46)47)41-19-9-10-20-18-8-6-16-14-4-2-12-11-1-3-13-15-5-7-17(19)27-25(15)30-23(13)21(11)29-22(12)24(14)31-26(16)28(18)38(42(20,41)43)36-34(31)32(29)33(30)35(36)37(27)41/h1-10H,(H,44,45)(H,46,47). The van der Waals surface area contributed by atoms with Gasteiger partial charge in [-0.1, -0.05) is 60.7 Å². The molecular weight excluding hydrogens is 580 g/mol. The van der Waals surface area contributed by atoms with Crippen molar-refractivity contribution in [2.24, 2.45) is 5.41 Å². The molecule has 0 aromatic heterocycles. The molecule has 2 atom stereocenters. The van der Waals surface area contributed by atoms with E-state index in [-0.39, 0.29) is 0 Å². The molecule has 2 N–H and O–H groups in total. The summed E-state index contributed by atoms with van der Waals surface area (Å²) in [6.07, 6.45) is 4.19. The van der Waals surface area contributed by atoms with Gasteiger partial charge in [0.15, 0.2) is 5.41 Å².